The van der Waals surface area contributed by atoms with Crippen LogP contribution in [0, 0.1) is 0 Å². The number of hydrogen-bond donors (Lipinski definition) is 2. The summed E-state index contributed by atoms with van der Waals surface area (Å²) in [5.41, 5.74) is 0.902. The van der Waals surface area contributed by atoms with Crippen LogP contribution in [0.15, 0.2) is 29.2 Å². The average molecular weight is 265 g/mol. The van der Waals surface area contributed by atoms with Crippen LogP contribution < -0.4 is 5.32 Å². The molecule has 1 saturated heterocycles. The SMILES string of the molecule is CC1(NC(=O)Cc2ccc(S)cc2)CCOCC1. The molecule has 0 saturated carbocycles. The van der Waals surface area contributed by atoms with Crippen LogP contribution in [-0.2, 0) is 16.0 Å². The number of benzene rings is 1. The first-order chi connectivity index (χ1) is 8.57. The molecule has 1 fully saturated rings. The highest BCUT2D eigenvalue weighted by atomic mass is 32.1. The van der Waals surface area contributed by atoms with E-state index in [4.69, 9.17) is 4.74 Å². The van der Waals surface area contributed by atoms with Crippen LogP contribution in [0.1, 0.15) is 25.3 Å². The fourth-order valence-electron chi connectivity index (χ4n) is 2.13. The van der Waals surface area contributed by atoms with Gasteiger partial charge in [-0.25, -0.2) is 0 Å². The number of thiol groups is 1. The fraction of sp³-hybridized carbons (Fsp3) is 0.500. The van der Waals surface area contributed by atoms with Crippen molar-refractivity contribution in [3.63, 3.8) is 0 Å². The molecule has 0 atom stereocenters. The van der Waals surface area contributed by atoms with E-state index in [0.717, 1.165) is 36.5 Å². The summed E-state index contributed by atoms with van der Waals surface area (Å²) in [7, 11) is 0. The lowest BCUT2D eigenvalue weighted by Gasteiger charge is -2.34. The van der Waals surface area contributed by atoms with E-state index in [1.807, 2.05) is 24.3 Å². The van der Waals surface area contributed by atoms with Gasteiger partial charge in [0.25, 0.3) is 0 Å². The molecule has 98 valence electrons. The Morgan fingerprint density at radius 1 is 1.33 bits per heavy atom. The molecule has 0 spiro atoms. The molecule has 2 rings (SSSR count). The Morgan fingerprint density at radius 3 is 2.56 bits per heavy atom. The first kappa shape index (κ1) is 13.4. The van der Waals surface area contributed by atoms with Gasteiger partial charge in [0.2, 0.25) is 5.91 Å². The van der Waals surface area contributed by atoms with Gasteiger partial charge in [0.1, 0.15) is 0 Å². The van der Waals surface area contributed by atoms with E-state index in [-0.39, 0.29) is 11.4 Å². The fourth-order valence-corrected chi connectivity index (χ4v) is 2.28. The maximum Gasteiger partial charge on any atom is 0.224 e. The number of rotatable bonds is 3. The molecule has 1 N–H and O–H groups in total. The van der Waals surface area contributed by atoms with Gasteiger partial charge in [-0.1, -0.05) is 12.1 Å². The van der Waals surface area contributed by atoms with Crippen molar-refractivity contribution in [3.05, 3.63) is 29.8 Å². The molecule has 1 aromatic rings. The van der Waals surface area contributed by atoms with Crippen LogP contribution in [0.3, 0.4) is 0 Å². The van der Waals surface area contributed by atoms with Gasteiger partial charge in [-0.2, -0.15) is 0 Å². The Bertz CT molecular complexity index is 410. The van der Waals surface area contributed by atoms with Crippen LogP contribution in [-0.4, -0.2) is 24.7 Å². The van der Waals surface area contributed by atoms with Crippen molar-refractivity contribution in [1.82, 2.24) is 5.32 Å². The van der Waals surface area contributed by atoms with Crippen LogP contribution in [0.4, 0.5) is 0 Å². The molecule has 18 heavy (non-hydrogen) atoms. The first-order valence-electron chi connectivity index (χ1n) is 6.24. The minimum absolute atomic E-state index is 0.0753. The highest BCUT2D eigenvalue weighted by Crippen LogP contribution is 2.19. The van der Waals surface area contributed by atoms with Gasteiger partial charge < -0.3 is 10.1 Å². The Kier molecular flexibility index (Phi) is 4.30. The lowest BCUT2D eigenvalue weighted by Crippen LogP contribution is -2.50. The van der Waals surface area contributed by atoms with Crippen molar-refractivity contribution in [3.8, 4) is 0 Å². The summed E-state index contributed by atoms with van der Waals surface area (Å²) in [6, 6.07) is 7.69. The number of hydrogen-bond acceptors (Lipinski definition) is 3. The first-order valence-corrected chi connectivity index (χ1v) is 6.69. The molecule has 0 bridgehead atoms. The molecule has 0 radical (unpaired) electrons. The Hall–Kier alpha value is -1.00. The summed E-state index contributed by atoms with van der Waals surface area (Å²) >= 11 is 4.23. The molecule has 1 amide bonds. The Morgan fingerprint density at radius 2 is 1.94 bits per heavy atom. The van der Waals surface area contributed by atoms with Crippen molar-refractivity contribution in [2.45, 2.75) is 36.6 Å². The maximum absolute atomic E-state index is 12.0. The van der Waals surface area contributed by atoms with E-state index in [1.165, 1.54) is 0 Å². The van der Waals surface area contributed by atoms with Crippen molar-refractivity contribution >= 4 is 18.5 Å². The average Bonchev–Trinajstić information content (AvgIpc) is 2.32. The zero-order chi connectivity index (χ0) is 13.0. The summed E-state index contributed by atoms with van der Waals surface area (Å²) in [6.45, 7) is 3.54. The molecular formula is C14H19NO2S. The van der Waals surface area contributed by atoms with Gasteiger partial charge >= 0.3 is 0 Å². The van der Waals surface area contributed by atoms with E-state index in [9.17, 15) is 4.79 Å². The van der Waals surface area contributed by atoms with Gasteiger partial charge in [-0.3, -0.25) is 4.79 Å². The summed E-state index contributed by atoms with van der Waals surface area (Å²) in [5.74, 6) is 0.0753. The normalized spacial score (nSPS) is 18.3. The molecule has 1 aliphatic heterocycles. The van der Waals surface area contributed by atoms with Crippen molar-refractivity contribution in [1.29, 1.82) is 0 Å². The smallest absolute Gasteiger partial charge is 0.224 e. The van der Waals surface area contributed by atoms with E-state index in [1.54, 1.807) is 0 Å². The van der Waals surface area contributed by atoms with E-state index < -0.39 is 0 Å². The summed E-state index contributed by atoms with van der Waals surface area (Å²) in [6.07, 6.45) is 2.19. The highest BCUT2D eigenvalue weighted by Gasteiger charge is 2.28. The number of carbonyl (C=O) groups excluding carboxylic acids is 1. The quantitative estimate of drug-likeness (QED) is 0.822. The molecule has 1 aliphatic rings. The van der Waals surface area contributed by atoms with E-state index in [0.29, 0.717) is 6.42 Å². The zero-order valence-electron chi connectivity index (χ0n) is 10.6. The van der Waals surface area contributed by atoms with Gasteiger partial charge in [0, 0.05) is 23.6 Å². The van der Waals surface area contributed by atoms with Gasteiger partial charge in [0.05, 0.1) is 6.42 Å². The molecule has 1 aromatic carbocycles. The van der Waals surface area contributed by atoms with E-state index in [2.05, 4.69) is 24.9 Å². The predicted octanol–water partition coefficient (Wildman–Crippen LogP) is 2.20. The van der Waals surface area contributed by atoms with Gasteiger partial charge in [-0.05, 0) is 37.5 Å². The minimum Gasteiger partial charge on any atom is -0.381 e. The monoisotopic (exact) mass is 265 g/mol. The molecule has 0 unspecified atom stereocenters. The largest absolute Gasteiger partial charge is 0.381 e. The lowest BCUT2D eigenvalue weighted by atomic mass is 9.92. The summed E-state index contributed by atoms with van der Waals surface area (Å²) in [4.78, 5) is 12.9. The summed E-state index contributed by atoms with van der Waals surface area (Å²) < 4.78 is 5.32. The van der Waals surface area contributed by atoms with Crippen molar-refractivity contribution in [2.75, 3.05) is 13.2 Å². The maximum atomic E-state index is 12.0. The van der Waals surface area contributed by atoms with Crippen LogP contribution in [0.2, 0.25) is 0 Å². The van der Waals surface area contributed by atoms with Crippen molar-refractivity contribution in [2.24, 2.45) is 0 Å². The molecule has 0 aromatic heterocycles. The number of ether oxygens (including phenoxy) is 1. The zero-order valence-corrected chi connectivity index (χ0v) is 11.5. The lowest BCUT2D eigenvalue weighted by molar-refractivity contribution is -0.123. The number of carbonyl (C=O) groups is 1. The summed E-state index contributed by atoms with van der Waals surface area (Å²) in [5, 5.41) is 3.12. The second kappa shape index (κ2) is 5.76. The minimum atomic E-state index is -0.112. The van der Waals surface area contributed by atoms with Crippen molar-refractivity contribution < 1.29 is 9.53 Å². The number of amides is 1. The molecule has 3 nitrogen and oxygen atoms in total. The number of nitrogens with one attached hydrogen (secondary N) is 1. The molecule has 4 heteroatoms. The third-order valence-corrected chi connectivity index (χ3v) is 3.64. The molecule has 1 heterocycles. The third kappa shape index (κ3) is 3.75. The van der Waals surface area contributed by atoms with Crippen LogP contribution in [0.25, 0.3) is 0 Å². The predicted molar refractivity (Wildman–Crippen MR) is 74.0 cm³/mol. The second-order valence-electron chi connectivity index (χ2n) is 5.06. The standard InChI is InChI=1S/C14H19NO2S/c1-14(6-8-17-9-7-14)15-13(16)10-11-2-4-12(18)5-3-11/h2-5,18H,6-10H2,1H3,(H,15,16). The topological polar surface area (TPSA) is 38.3 Å². The Labute approximate surface area is 113 Å². The Balaban J connectivity index is 1.90. The van der Waals surface area contributed by atoms with Gasteiger partial charge in [0.15, 0.2) is 0 Å². The van der Waals surface area contributed by atoms with E-state index >= 15 is 0 Å². The van der Waals surface area contributed by atoms with Gasteiger partial charge in [-0.15, -0.1) is 12.6 Å². The third-order valence-electron chi connectivity index (χ3n) is 3.34. The second-order valence-corrected chi connectivity index (χ2v) is 5.58. The molecule has 0 aliphatic carbocycles. The molecular weight excluding hydrogens is 246 g/mol. The highest BCUT2D eigenvalue weighted by molar-refractivity contribution is 7.80. The van der Waals surface area contributed by atoms with Crippen LogP contribution in [0.5, 0.6) is 0 Å². The van der Waals surface area contributed by atoms with Crippen LogP contribution >= 0.6 is 12.6 Å².